The molecule has 0 radical (unpaired) electrons. The van der Waals surface area contributed by atoms with Crippen LogP contribution >= 0.6 is 0 Å². The van der Waals surface area contributed by atoms with E-state index in [9.17, 15) is 0 Å². The molecular weight excluding hydrogens is 224 g/mol. The molecule has 2 heterocycles. The number of hydrogen-bond donors (Lipinski definition) is 1. The molecule has 0 spiro atoms. The molecule has 0 amide bonds. The topological polar surface area (TPSA) is 34.2 Å². The highest BCUT2D eigenvalue weighted by Crippen LogP contribution is 2.28. The molecule has 1 aliphatic heterocycles. The molecule has 1 aromatic rings. The zero-order valence-corrected chi connectivity index (χ0v) is 11.6. The smallest absolute Gasteiger partial charge is 0.0666 e. The van der Waals surface area contributed by atoms with Crippen molar-refractivity contribution in [1.29, 1.82) is 0 Å². The highest BCUT2D eigenvalue weighted by atomic mass is 16.5. The zero-order chi connectivity index (χ0) is 13.0. The van der Waals surface area contributed by atoms with Crippen LogP contribution in [0.2, 0.25) is 0 Å². The number of aromatic nitrogens is 1. The predicted octanol–water partition coefficient (Wildman–Crippen LogP) is 3.08. The van der Waals surface area contributed by atoms with Crippen LogP contribution < -0.4 is 5.32 Å². The molecule has 3 nitrogen and oxygen atoms in total. The van der Waals surface area contributed by atoms with Gasteiger partial charge in [0, 0.05) is 24.9 Å². The SMILES string of the molecule is CCC1(C)CC(N[C@@H](C)c2ccccn2)CCO1. The molecule has 1 aliphatic rings. The highest BCUT2D eigenvalue weighted by molar-refractivity contribution is 5.08. The Morgan fingerprint density at radius 3 is 3.06 bits per heavy atom. The Kier molecular flexibility index (Phi) is 4.36. The molecule has 0 saturated carbocycles. The first kappa shape index (κ1) is 13.5. The molecular formula is C15H24N2O. The van der Waals surface area contributed by atoms with E-state index in [0.29, 0.717) is 12.1 Å². The van der Waals surface area contributed by atoms with Crippen LogP contribution in [0.4, 0.5) is 0 Å². The van der Waals surface area contributed by atoms with E-state index in [1.54, 1.807) is 0 Å². The summed E-state index contributed by atoms with van der Waals surface area (Å²) in [6, 6.07) is 6.91. The Morgan fingerprint density at radius 1 is 1.56 bits per heavy atom. The molecule has 0 bridgehead atoms. The van der Waals surface area contributed by atoms with Gasteiger partial charge in [-0.15, -0.1) is 0 Å². The van der Waals surface area contributed by atoms with Gasteiger partial charge in [-0.05, 0) is 45.2 Å². The lowest BCUT2D eigenvalue weighted by molar-refractivity contribution is -0.0790. The largest absolute Gasteiger partial charge is 0.375 e. The first-order valence-corrected chi connectivity index (χ1v) is 6.94. The van der Waals surface area contributed by atoms with E-state index in [2.05, 4.69) is 37.1 Å². The third-order valence-electron chi connectivity index (χ3n) is 3.96. The van der Waals surface area contributed by atoms with Crippen LogP contribution in [-0.2, 0) is 4.74 Å². The van der Waals surface area contributed by atoms with E-state index in [-0.39, 0.29) is 5.60 Å². The molecule has 2 unspecified atom stereocenters. The maximum absolute atomic E-state index is 5.88. The van der Waals surface area contributed by atoms with Crippen molar-refractivity contribution in [3.05, 3.63) is 30.1 Å². The average molecular weight is 248 g/mol. The number of pyridine rings is 1. The van der Waals surface area contributed by atoms with Gasteiger partial charge in [0.1, 0.15) is 0 Å². The molecule has 18 heavy (non-hydrogen) atoms. The van der Waals surface area contributed by atoms with Crippen LogP contribution in [0.15, 0.2) is 24.4 Å². The second-order valence-electron chi connectivity index (χ2n) is 5.48. The quantitative estimate of drug-likeness (QED) is 0.889. The molecule has 1 fully saturated rings. The van der Waals surface area contributed by atoms with Gasteiger partial charge < -0.3 is 10.1 Å². The number of ether oxygens (including phenoxy) is 1. The summed E-state index contributed by atoms with van der Waals surface area (Å²) in [6.07, 6.45) is 5.10. The number of rotatable bonds is 4. The summed E-state index contributed by atoms with van der Waals surface area (Å²) in [7, 11) is 0. The maximum Gasteiger partial charge on any atom is 0.0666 e. The summed E-state index contributed by atoms with van der Waals surface area (Å²) < 4.78 is 5.88. The second-order valence-corrected chi connectivity index (χ2v) is 5.48. The summed E-state index contributed by atoms with van der Waals surface area (Å²) in [4.78, 5) is 4.41. The Labute approximate surface area is 110 Å². The minimum Gasteiger partial charge on any atom is -0.375 e. The Hall–Kier alpha value is -0.930. The zero-order valence-electron chi connectivity index (χ0n) is 11.6. The fourth-order valence-corrected chi connectivity index (χ4v) is 2.59. The Bertz CT molecular complexity index is 368. The van der Waals surface area contributed by atoms with Crippen molar-refractivity contribution < 1.29 is 4.74 Å². The minimum absolute atomic E-state index is 0.0414. The van der Waals surface area contributed by atoms with Gasteiger partial charge in [-0.1, -0.05) is 13.0 Å². The second kappa shape index (κ2) is 5.81. The highest BCUT2D eigenvalue weighted by Gasteiger charge is 2.32. The molecule has 100 valence electrons. The Morgan fingerprint density at radius 2 is 2.39 bits per heavy atom. The van der Waals surface area contributed by atoms with Gasteiger partial charge in [0.05, 0.1) is 11.3 Å². The van der Waals surface area contributed by atoms with E-state index < -0.39 is 0 Å². The maximum atomic E-state index is 5.88. The van der Waals surface area contributed by atoms with Crippen LogP contribution in [0.5, 0.6) is 0 Å². The van der Waals surface area contributed by atoms with Gasteiger partial charge in [-0.2, -0.15) is 0 Å². The van der Waals surface area contributed by atoms with Crippen LogP contribution in [0.25, 0.3) is 0 Å². The fourth-order valence-electron chi connectivity index (χ4n) is 2.59. The minimum atomic E-state index is 0.0414. The first-order chi connectivity index (χ1) is 8.63. The van der Waals surface area contributed by atoms with Crippen LogP contribution in [0.3, 0.4) is 0 Å². The predicted molar refractivity (Wildman–Crippen MR) is 73.5 cm³/mol. The van der Waals surface area contributed by atoms with Crippen molar-refractivity contribution >= 4 is 0 Å². The van der Waals surface area contributed by atoms with Crippen molar-refractivity contribution in [3.8, 4) is 0 Å². The molecule has 1 N–H and O–H groups in total. The molecule has 3 atom stereocenters. The van der Waals surface area contributed by atoms with Gasteiger partial charge in [0.2, 0.25) is 0 Å². The summed E-state index contributed by atoms with van der Waals surface area (Å²) >= 11 is 0. The van der Waals surface area contributed by atoms with Crippen molar-refractivity contribution in [2.45, 2.75) is 57.7 Å². The summed E-state index contributed by atoms with van der Waals surface area (Å²) in [5.74, 6) is 0. The van der Waals surface area contributed by atoms with Crippen molar-refractivity contribution in [3.63, 3.8) is 0 Å². The lowest BCUT2D eigenvalue weighted by Crippen LogP contribution is -2.45. The summed E-state index contributed by atoms with van der Waals surface area (Å²) in [6.45, 7) is 7.45. The standard InChI is InChI=1S/C15H24N2O/c1-4-15(3)11-13(8-10-18-15)17-12(2)14-7-5-6-9-16-14/h5-7,9,12-13,17H,4,8,10-11H2,1-3H3/t12-,13?,15?/m0/s1. The van der Waals surface area contributed by atoms with E-state index in [0.717, 1.165) is 31.6 Å². The van der Waals surface area contributed by atoms with Gasteiger partial charge in [-0.25, -0.2) is 0 Å². The Balaban J connectivity index is 1.93. The molecule has 0 aromatic carbocycles. The molecule has 0 aliphatic carbocycles. The fraction of sp³-hybridized carbons (Fsp3) is 0.667. The average Bonchev–Trinajstić information content (AvgIpc) is 2.40. The molecule has 1 saturated heterocycles. The molecule has 1 aromatic heterocycles. The summed E-state index contributed by atoms with van der Waals surface area (Å²) in [5, 5.41) is 3.68. The summed E-state index contributed by atoms with van der Waals surface area (Å²) in [5.41, 5.74) is 1.15. The van der Waals surface area contributed by atoms with Gasteiger partial charge in [-0.3, -0.25) is 4.98 Å². The van der Waals surface area contributed by atoms with Gasteiger partial charge in [0.25, 0.3) is 0 Å². The lowest BCUT2D eigenvalue weighted by Gasteiger charge is -2.39. The van der Waals surface area contributed by atoms with Gasteiger partial charge >= 0.3 is 0 Å². The van der Waals surface area contributed by atoms with E-state index in [1.807, 2.05) is 18.3 Å². The van der Waals surface area contributed by atoms with E-state index in [1.165, 1.54) is 0 Å². The number of nitrogens with one attached hydrogen (secondary N) is 1. The normalized spacial score (nSPS) is 30.1. The third kappa shape index (κ3) is 3.30. The van der Waals surface area contributed by atoms with Crippen molar-refractivity contribution in [2.75, 3.05) is 6.61 Å². The van der Waals surface area contributed by atoms with Crippen LogP contribution in [0.1, 0.15) is 51.8 Å². The first-order valence-electron chi connectivity index (χ1n) is 6.94. The molecule has 2 rings (SSSR count). The number of hydrogen-bond acceptors (Lipinski definition) is 3. The van der Waals surface area contributed by atoms with Crippen LogP contribution in [0, 0.1) is 0 Å². The van der Waals surface area contributed by atoms with Gasteiger partial charge in [0.15, 0.2) is 0 Å². The monoisotopic (exact) mass is 248 g/mol. The van der Waals surface area contributed by atoms with Crippen LogP contribution in [-0.4, -0.2) is 23.2 Å². The lowest BCUT2D eigenvalue weighted by atomic mass is 9.89. The van der Waals surface area contributed by atoms with E-state index in [4.69, 9.17) is 4.74 Å². The van der Waals surface area contributed by atoms with Crippen molar-refractivity contribution in [2.24, 2.45) is 0 Å². The third-order valence-corrected chi connectivity index (χ3v) is 3.96. The van der Waals surface area contributed by atoms with Crippen molar-refractivity contribution in [1.82, 2.24) is 10.3 Å². The number of nitrogens with zero attached hydrogens (tertiary/aromatic N) is 1. The molecule has 3 heteroatoms. The van der Waals surface area contributed by atoms with E-state index >= 15 is 0 Å².